The van der Waals surface area contributed by atoms with Gasteiger partial charge in [-0.1, -0.05) is 35.2 Å². The number of hydrogen-bond acceptors (Lipinski definition) is 6. The second-order valence-electron chi connectivity index (χ2n) is 5.23. The first kappa shape index (κ1) is 18.4. The highest BCUT2D eigenvalue weighted by Crippen LogP contribution is 2.32. The maximum absolute atomic E-state index is 13.7. The molecule has 1 atom stereocenters. The van der Waals surface area contributed by atoms with E-state index < -0.39 is 28.5 Å². The summed E-state index contributed by atoms with van der Waals surface area (Å²) in [5.41, 5.74) is 0.0818. The Morgan fingerprint density at radius 2 is 1.88 bits per heavy atom. The van der Waals surface area contributed by atoms with Crippen molar-refractivity contribution in [3.63, 3.8) is 0 Å². The van der Waals surface area contributed by atoms with Crippen LogP contribution in [-0.2, 0) is 0 Å². The van der Waals surface area contributed by atoms with Gasteiger partial charge >= 0.3 is 0 Å². The average molecular weight is 395 g/mol. The molecule has 4 nitrogen and oxygen atoms in total. The van der Waals surface area contributed by atoms with E-state index in [1.807, 2.05) is 0 Å². The van der Waals surface area contributed by atoms with Gasteiger partial charge in [-0.2, -0.15) is 0 Å². The van der Waals surface area contributed by atoms with Gasteiger partial charge in [-0.25, -0.2) is 13.2 Å². The van der Waals surface area contributed by atoms with E-state index in [1.165, 1.54) is 6.07 Å². The molecule has 1 N–H and O–H groups in total. The van der Waals surface area contributed by atoms with Crippen molar-refractivity contribution in [1.82, 2.24) is 10.2 Å². The molecule has 1 unspecified atom stereocenters. The quantitative estimate of drug-likeness (QED) is 0.467. The third-order valence-corrected chi connectivity index (χ3v) is 5.39. The topological polar surface area (TPSA) is 54.9 Å². The molecular formula is C17H12F3N3OS2. The molecule has 0 aliphatic heterocycles. The summed E-state index contributed by atoms with van der Waals surface area (Å²) in [5, 5.41) is 10.4. The fourth-order valence-electron chi connectivity index (χ4n) is 2.10. The number of para-hydroxylation sites is 1. The Bertz CT molecular complexity index is 949. The molecule has 134 valence electrons. The number of nitrogens with zero attached hydrogens (tertiary/aromatic N) is 2. The van der Waals surface area contributed by atoms with E-state index in [2.05, 4.69) is 15.5 Å². The van der Waals surface area contributed by atoms with Gasteiger partial charge in [0.15, 0.2) is 10.1 Å². The van der Waals surface area contributed by atoms with Crippen LogP contribution in [0.2, 0.25) is 0 Å². The Kier molecular flexibility index (Phi) is 5.58. The minimum absolute atomic E-state index is 0.180. The molecule has 1 aromatic heterocycles. The van der Waals surface area contributed by atoms with Crippen molar-refractivity contribution >= 4 is 39.7 Å². The second-order valence-corrected chi connectivity index (χ2v) is 7.79. The van der Waals surface area contributed by atoms with Gasteiger partial charge in [-0.3, -0.25) is 4.79 Å². The molecule has 3 rings (SSSR count). The van der Waals surface area contributed by atoms with Crippen molar-refractivity contribution in [2.75, 3.05) is 5.32 Å². The largest absolute Gasteiger partial charge is 0.328 e. The van der Waals surface area contributed by atoms with Crippen LogP contribution >= 0.6 is 23.1 Å². The lowest BCUT2D eigenvalue weighted by atomic mass is 10.1. The highest BCUT2D eigenvalue weighted by Gasteiger charge is 2.22. The van der Waals surface area contributed by atoms with Crippen molar-refractivity contribution in [3.05, 3.63) is 65.5 Å². The van der Waals surface area contributed by atoms with E-state index in [0.717, 1.165) is 35.2 Å². The van der Waals surface area contributed by atoms with Crippen molar-refractivity contribution < 1.29 is 18.0 Å². The predicted molar refractivity (Wildman–Crippen MR) is 95.6 cm³/mol. The molecule has 26 heavy (non-hydrogen) atoms. The standard InChI is InChI=1S/C17H12F3N3OS2/c1-9(15(24)11-7-6-10(18)8-13(11)20)25-17-23-22-16(26-17)21-14-5-3-2-4-12(14)19/h2-9H,1H3,(H,21,22). The molecular weight excluding hydrogens is 383 g/mol. The smallest absolute Gasteiger partial charge is 0.210 e. The molecule has 0 saturated heterocycles. The Balaban J connectivity index is 1.68. The van der Waals surface area contributed by atoms with E-state index in [-0.39, 0.29) is 11.3 Å². The number of nitrogens with one attached hydrogen (secondary N) is 1. The molecule has 0 saturated carbocycles. The fraction of sp³-hybridized carbons (Fsp3) is 0.118. The van der Waals surface area contributed by atoms with E-state index in [0.29, 0.717) is 15.5 Å². The van der Waals surface area contributed by atoms with Gasteiger partial charge < -0.3 is 5.32 Å². The summed E-state index contributed by atoms with van der Waals surface area (Å²) >= 11 is 2.24. The Morgan fingerprint density at radius 3 is 2.62 bits per heavy atom. The number of Topliss-reactive ketones (excluding diaryl/α,β-unsaturated/α-hetero) is 1. The van der Waals surface area contributed by atoms with Crippen LogP contribution in [0.15, 0.2) is 46.8 Å². The highest BCUT2D eigenvalue weighted by atomic mass is 32.2. The van der Waals surface area contributed by atoms with Gasteiger partial charge in [0, 0.05) is 6.07 Å². The van der Waals surface area contributed by atoms with E-state index in [1.54, 1.807) is 25.1 Å². The molecule has 9 heteroatoms. The van der Waals surface area contributed by atoms with Crippen molar-refractivity contribution in [2.24, 2.45) is 0 Å². The van der Waals surface area contributed by atoms with Crippen LogP contribution < -0.4 is 5.32 Å². The van der Waals surface area contributed by atoms with E-state index in [4.69, 9.17) is 0 Å². The summed E-state index contributed by atoms with van der Waals surface area (Å²) in [6.07, 6.45) is 0. The number of anilines is 2. The van der Waals surface area contributed by atoms with Gasteiger partial charge in [0.1, 0.15) is 17.5 Å². The zero-order valence-corrected chi connectivity index (χ0v) is 15.0. The van der Waals surface area contributed by atoms with Gasteiger partial charge in [-0.05, 0) is 31.2 Å². The molecule has 0 amide bonds. The molecule has 3 aromatic rings. The van der Waals surface area contributed by atoms with Crippen LogP contribution in [0.1, 0.15) is 17.3 Å². The van der Waals surface area contributed by atoms with Crippen molar-refractivity contribution in [2.45, 2.75) is 16.5 Å². The van der Waals surface area contributed by atoms with Crippen LogP contribution in [-0.4, -0.2) is 21.2 Å². The summed E-state index contributed by atoms with van der Waals surface area (Å²) in [4.78, 5) is 12.3. The number of halogens is 3. The Hall–Kier alpha value is -2.39. The van der Waals surface area contributed by atoms with Crippen LogP contribution in [0.4, 0.5) is 24.0 Å². The summed E-state index contributed by atoms with van der Waals surface area (Å²) in [7, 11) is 0. The molecule has 0 aliphatic carbocycles. The first-order valence-corrected chi connectivity index (χ1v) is 9.14. The minimum Gasteiger partial charge on any atom is -0.328 e. The zero-order valence-electron chi connectivity index (χ0n) is 13.4. The number of aromatic nitrogens is 2. The Labute approximate surface area is 155 Å². The van der Waals surface area contributed by atoms with E-state index in [9.17, 15) is 18.0 Å². The SMILES string of the molecule is CC(Sc1nnc(Nc2ccccc2F)s1)C(=O)c1ccc(F)cc1F. The monoisotopic (exact) mass is 395 g/mol. The normalized spacial score (nSPS) is 12.0. The average Bonchev–Trinajstić information content (AvgIpc) is 3.03. The zero-order chi connectivity index (χ0) is 18.7. The number of benzene rings is 2. The first-order chi connectivity index (χ1) is 12.4. The fourth-order valence-corrected chi connectivity index (χ4v) is 4.08. The molecule has 1 heterocycles. The van der Waals surface area contributed by atoms with Crippen LogP contribution in [0.3, 0.4) is 0 Å². The van der Waals surface area contributed by atoms with Gasteiger partial charge in [-0.15, -0.1) is 10.2 Å². The number of thioether (sulfide) groups is 1. The second kappa shape index (κ2) is 7.88. The van der Waals surface area contributed by atoms with Gasteiger partial charge in [0.25, 0.3) is 0 Å². The number of ketones is 1. The van der Waals surface area contributed by atoms with Gasteiger partial charge in [0.2, 0.25) is 5.13 Å². The number of hydrogen-bond donors (Lipinski definition) is 1. The first-order valence-electron chi connectivity index (χ1n) is 7.45. The molecule has 2 aromatic carbocycles. The summed E-state index contributed by atoms with van der Waals surface area (Å²) in [6, 6.07) is 8.96. The maximum atomic E-state index is 13.7. The van der Waals surface area contributed by atoms with Crippen LogP contribution in [0.25, 0.3) is 0 Å². The van der Waals surface area contributed by atoms with Crippen LogP contribution in [0.5, 0.6) is 0 Å². The van der Waals surface area contributed by atoms with Crippen molar-refractivity contribution in [1.29, 1.82) is 0 Å². The summed E-state index contributed by atoms with van der Waals surface area (Å²) in [6.45, 7) is 1.60. The van der Waals surface area contributed by atoms with Crippen molar-refractivity contribution in [3.8, 4) is 0 Å². The third kappa shape index (κ3) is 4.23. The Morgan fingerprint density at radius 1 is 1.12 bits per heavy atom. The maximum Gasteiger partial charge on any atom is 0.210 e. The summed E-state index contributed by atoms with van der Waals surface area (Å²) in [5.74, 6) is -2.55. The van der Waals surface area contributed by atoms with Gasteiger partial charge in [0.05, 0.1) is 16.5 Å². The van der Waals surface area contributed by atoms with E-state index >= 15 is 0 Å². The number of carbonyl (C=O) groups is 1. The molecule has 0 fully saturated rings. The summed E-state index contributed by atoms with van der Waals surface area (Å²) < 4.78 is 40.8. The lowest BCUT2D eigenvalue weighted by Gasteiger charge is -2.08. The molecule has 0 radical (unpaired) electrons. The lowest BCUT2D eigenvalue weighted by molar-refractivity contribution is 0.0990. The minimum atomic E-state index is -0.901. The number of carbonyl (C=O) groups excluding carboxylic acids is 1. The molecule has 0 aliphatic rings. The van der Waals surface area contributed by atoms with Crippen LogP contribution in [0, 0.1) is 17.5 Å². The third-order valence-electron chi connectivity index (χ3n) is 3.37. The molecule has 0 bridgehead atoms. The lowest BCUT2D eigenvalue weighted by Crippen LogP contribution is -2.15. The predicted octanol–water partition coefficient (Wildman–Crippen LogP) is 5.06. The molecule has 0 spiro atoms. The number of rotatable bonds is 6. The highest BCUT2D eigenvalue weighted by molar-refractivity contribution is 8.02.